The van der Waals surface area contributed by atoms with Crippen molar-refractivity contribution in [1.29, 1.82) is 10.5 Å². The Kier molecular flexibility index (Phi) is 25.1. The first-order valence-electron chi connectivity index (χ1n) is 17.6. The molecule has 6 aromatic carbocycles. The normalized spacial score (nSPS) is 10.6. The third kappa shape index (κ3) is 20.7. The molecule has 0 aliphatic carbocycles. The van der Waals surface area contributed by atoms with Crippen LogP contribution in [0.5, 0.6) is 0 Å². The highest BCUT2D eigenvalue weighted by atomic mass is 16.5. The quantitative estimate of drug-likeness (QED) is 0.0406. The van der Waals surface area contributed by atoms with Crippen molar-refractivity contribution in [2.75, 3.05) is 7.11 Å². The number of aliphatic hydroxyl groups is 2. The van der Waals surface area contributed by atoms with Crippen LogP contribution in [0.15, 0.2) is 182 Å². The molecule has 0 saturated carbocycles. The van der Waals surface area contributed by atoms with Gasteiger partial charge in [0.25, 0.3) is 5.78 Å². The molecular weight excluding hydrogens is 769 g/mol. The predicted molar refractivity (Wildman–Crippen MR) is 221 cm³/mol. The van der Waals surface area contributed by atoms with Crippen molar-refractivity contribution in [1.82, 2.24) is 0 Å². The van der Waals surface area contributed by atoms with Crippen molar-refractivity contribution in [3.05, 3.63) is 215 Å². The number of hydrogen-bond acceptors (Lipinski definition) is 10. The van der Waals surface area contributed by atoms with Crippen molar-refractivity contribution < 1.29 is 54.2 Å². The number of benzene rings is 6. The van der Waals surface area contributed by atoms with E-state index in [4.69, 9.17) is 40.8 Å². The Morgan fingerprint density at radius 3 is 1.20 bits per heavy atom. The maximum absolute atomic E-state index is 10.7. The second-order valence-electron chi connectivity index (χ2n) is 11.4. The molecule has 0 spiro atoms. The molecule has 13 nitrogen and oxygen atoms in total. The summed E-state index contributed by atoms with van der Waals surface area (Å²) in [5.74, 6) is -4.39. The number of carboxylic acids is 3. The van der Waals surface area contributed by atoms with Crippen LogP contribution in [0.1, 0.15) is 66.1 Å². The Morgan fingerprint density at radius 2 is 0.900 bits per heavy atom. The van der Waals surface area contributed by atoms with E-state index in [0.29, 0.717) is 16.7 Å². The van der Waals surface area contributed by atoms with Gasteiger partial charge in [0, 0.05) is 18.2 Å². The van der Waals surface area contributed by atoms with E-state index >= 15 is 0 Å². The van der Waals surface area contributed by atoms with Gasteiger partial charge in [0.1, 0.15) is 6.29 Å². The monoisotopic (exact) mass is 810 g/mol. The summed E-state index contributed by atoms with van der Waals surface area (Å²) in [5.41, 5.74) is 3.22. The second-order valence-corrected chi connectivity index (χ2v) is 11.4. The van der Waals surface area contributed by atoms with E-state index in [1.807, 2.05) is 60.7 Å². The smallest absolute Gasteiger partial charge is 0.377 e. The van der Waals surface area contributed by atoms with E-state index in [1.54, 1.807) is 121 Å². The summed E-state index contributed by atoms with van der Waals surface area (Å²) >= 11 is 0. The van der Waals surface area contributed by atoms with E-state index in [1.165, 1.54) is 19.2 Å². The molecule has 3 unspecified atom stereocenters. The molecule has 0 heterocycles. The third-order valence-electron chi connectivity index (χ3n) is 7.23. The third-order valence-corrected chi connectivity index (χ3v) is 7.23. The summed E-state index contributed by atoms with van der Waals surface area (Å²) < 4.78 is 4.92. The van der Waals surface area contributed by atoms with Crippen molar-refractivity contribution in [3.63, 3.8) is 0 Å². The molecule has 0 saturated heterocycles. The van der Waals surface area contributed by atoms with E-state index in [-0.39, 0.29) is 5.56 Å². The van der Waals surface area contributed by atoms with Gasteiger partial charge in [-0.2, -0.15) is 10.5 Å². The lowest BCUT2D eigenvalue weighted by Gasteiger charge is -2.05. The van der Waals surface area contributed by atoms with Gasteiger partial charge in [-0.1, -0.05) is 170 Å². The van der Waals surface area contributed by atoms with Crippen molar-refractivity contribution in [2.45, 2.75) is 18.3 Å². The molecular formula is C47H42N2O11. The lowest BCUT2D eigenvalue weighted by atomic mass is 10.1. The summed E-state index contributed by atoms with van der Waals surface area (Å²) in [5, 5.41) is 59.9. The molecule has 13 heteroatoms. The Bertz CT molecular complexity index is 2210. The van der Waals surface area contributed by atoms with Crippen LogP contribution in [0.25, 0.3) is 0 Å². The predicted octanol–water partition coefficient (Wildman–Crippen LogP) is 7.78. The molecule has 0 aliphatic heterocycles. The minimum Gasteiger partial charge on any atom is -0.479 e. The number of carbonyl (C=O) groups excluding carboxylic acids is 2. The van der Waals surface area contributed by atoms with E-state index in [0.717, 1.165) is 17.4 Å². The SMILES string of the molecule is COC(C#N)c1ccccc1.N#CC(O)c1ccccc1.O=C(O)C(=O)c1ccccc1.O=C(O)C(O)c1ccccc1.O=C(O)c1ccccc1.O=Cc1ccccc1. The number of methoxy groups -OCH3 is 1. The number of carbonyl (C=O) groups is 5. The number of ketones is 1. The number of carboxylic acid groups (broad SMARTS) is 3. The topological polar surface area (TPSA) is 243 Å². The number of ether oxygens (including phenoxy) is 1. The highest BCUT2D eigenvalue weighted by Crippen LogP contribution is 2.14. The number of nitrogens with zero attached hydrogens (tertiary/aromatic N) is 2. The lowest BCUT2D eigenvalue weighted by Crippen LogP contribution is -2.12. The maximum atomic E-state index is 10.7. The number of hydrogen-bond donors (Lipinski definition) is 5. The molecule has 0 bridgehead atoms. The highest BCUT2D eigenvalue weighted by molar-refractivity contribution is 6.39. The van der Waals surface area contributed by atoms with Crippen LogP contribution in [0.3, 0.4) is 0 Å². The van der Waals surface area contributed by atoms with Crippen LogP contribution in [-0.4, -0.2) is 62.6 Å². The van der Waals surface area contributed by atoms with Crippen LogP contribution in [0, 0.1) is 22.7 Å². The number of rotatable bonds is 9. The molecule has 3 atom stereocenters. The first-order valence-corrected chi connectivity index (χ1v) is 17.6. The van der Waals surface area contributed by atoms with Crippen molar-refractivity contribution >= 4 is 30.0 Å². The average molecular weight is 811 g/mol. The van der Waals surface area contributed by atoms with Gasteiger partial charge in [-0.3, -0.25) is 9.59 Å². The molecule has 60 heavy (non-hydrogen) atoms. The van der Waals surface area contributed by atoms with Gasteiger partial charge in [-0.15, -0.1) is 0 Å². The van der Waals surface area contributed by atoms with Crippen molar-refractivity contribution in [3.8, 4) is 12.1 Å². The van der Waals surface area contributed by atoms with E-state index in [9.17, 15) is 24.0 Å². The number of aromatic carboxylic acids is 1. The molecule has 0 fully saturated rings. The fourth-order valence-electron chi connectivity index (χ4n) is 4.20. The Morgan fingerprint density at radius 1 is 0.533 bits per heavy atom. The number of aldehydes is 1. The van der Waals surface area contributed by atoms with E-state index in [2.05, 4.69) is 0 Å². The van der Waals surface area contributed by atoms with Crippen LogP contribution in [0.2, 0.25) is 0 Å². The highest BCUT2D eigenvalue weighted by Gasteiger charge is 2.14. The van der Waals surface area contributed by atoms with Gasteiger partial charge in [0.05, 0.1) is 17.7 Å². The van der Waals surface area contributed by atoms with E-state index < -0.39 is 42.0 Å². The minimum atomic E-state index is -1.42. The maximum Gasteiger partial charge on any atom is 0.377 e. The Labute approximate surface area is 346 Å². The Balaban J connectivity index is 0.000000361. The summed E-state index contributed by atoms with van der Waals surface area (Å²) in [6.45, 7) is 0. The molecule has 5 N–H and O–H groups in total. The molecule has 306 valence electrons. The molecule has 0 amide bonds. The van der Waals surface area contributed by atoms with Crippen LogP contribution < -0.4 is 0 Å². The first-order chi connectivity index (χ1) is 28.9. The summed E-state index contributed by atoms with van der Waals surface area (Å²) in [7, 11) is 1.53. The van der Waals surface area contributed by atoms with Crippen LogP contribution >= 0.6 is 0 Å². The molecule has 6 rings (SSSR count). The fourth-order valence-corrected chi connectivity index (χ4v) is 4.20. The largest absolute Gasteiger partial charge is 0.479 e. The van der Waals surface area contributed by atoms with Gasteiger partial charge in [0.2, 0.25) is 0 Å². The van der Waals surface area contributed by atoms with Gasteiger partial charge in [0.15, 0.2) is 18.3 Å². The number of Topliss-reactive ketones (excluding diaryl/α,β-unsaturated/α-hetero) is 1. The van der Waals surface area contributed by atoms with Gasteiger partial charge >= 0.3 is 17.9 Å². The minimum absolute atomic E-state index is 0.208. The molecule has 6 aromatic rings. The number of aliphatic hydroxyl groups excluding tert-OH is 2. The first kappa shape index (κ1) is 49.9. The molecule has 0 radical (unpaired) electrons. The Hall–Kier alpha value is -8.07. The average Bonchev–Trinajstić information content (AvgIpc) is 3.31. The lowest BCUT2D eigenvalue weighted by molar-refractivity contribution is -0.147. The van der Waals surface area contributed by atoms with Crippen LogP contribution in [-0.2, 0) is 14.3 Å². The standard InChI is InChI=1S/C9H9NO.C8H7NO.C8H8O3.C8H6O3.C7H6O2.C7H6O/c1-11-9(7-10)8-5-3-2-4-6-8;9-6-8(10)7-4-2-1-3-5-7;2*9-7(8(10)11)6-4-2-1-3-5-6;8-7(9)6-4-2-1-3-5-6;8-6-7-4-2-1-3-5-7/h2-6,9H,1H3;1-5,8,10H;1-5,7,9H,(H,10,11);1-5H,(H,10,11);1-5H,(H,8,9);1-6H. The molecule has 0 aromatic heterocycles. The zero-order valence-electron chi connectivity index (χ0n) is 32.2. The van der Waals surface area contributed by atoms with Gasteiger partial charge in [-0.05, 0) is 28.8 Å². The fraction of sp³-hybridized carbons (Fsp3) is 0.0851. The zero-order chi connectivity index (χ0) is 44.5. The second kappa shape index (κ2) is 30.1. The van der Waals surface area contributed by atoms with Crippen LogP contribution in [0.4, 0.5) is 0 Å². The van der Waals surface area contributed by atoms with Gasteiger partial charge in [-0.25, -0.2) is 14.4 Å². The molecule has 0 aliphatic rings. The van der Waals surface area contributed by atoms with Crippen molar-refractivity contribution in [2.24, 2.45) is 0 Å². The summed E-state index contributed by atoms with van der Waals surface area (Å²) in [6, 6.07) is 55.6. The van der Waals surface area contributed by atoms with Gasteiger partial charge < -0.3 is 30.3 Å². The summed E-state index contributed by atoms with van der Waals surface area (Å²) in [6.07, 6.45) is -1.99. The number of nitriles is 2. The zero-order valence-corrected chi connectivity index (χ0v) is 32.2. The summed E-state index contributed by atoms with van der Waals surface area (Å²) in [4.78, 5) is 51.4. The number of aliphatic carboxylic acids is 2.